The zero-order valence-corrected chi connectivity index (χ0v) is 10.5. The quantitative estimate of drug-likeness (QED) is 0.683. The fraction of sp³-hybridized carbons (Fsp3) is 0.769. The fourth-order valence-electron chi connectivity index (χ4n) is 2.45. The summed E-state index contributed by atoms with van der Waals surface area (Å²) in [5, 5.41) is 3.19. The van der Waals surface area contributed by atoms with Crippen molar-refractivity contribution in [3.63, 3.8) is 0 Å². The number of amides is 1. The first kappa shape index (κ1) is 11.6. The van der Waals surface area contributed by atoms with E-state index >= 15 is 0 Å². The van der Waals surface area contributed by atoms with E-state index in [2.05, 4.69) is 24.1 Å². The topological polar surface area (TPSA) is 32.3 Å². The maximum Gasteiger partial charge on any atom is 0.249 e. The highest BCUT2D eigenvalue weighted by molar-refractivity contribution is 5.94. The van der Waals surface area contributed by atoms with Gasteiger partial charge >= 0.3 is 0 Å². The second kappa shape index (κ2) is 4.58. The summed E-state index contributed by atoms with van der Waals surface area (Å²) >= 11 is 0. The molecule has 0 aliphatic carbocycles. The van der Waals surface area contributed by atoms with Crippen molar-refractivity contribution in [2.45, 2.75) is 39.7 Å². The number of rotatable bonds is 1. The van der Waals surface area contributed by atoms with Gasteiger partial charge in [0.15, 0.2) is 0 Å². The van der Waals surface area contributed by atoms with Gasteiger partial charge in [0.2, 0.25) is 5.91 Å². The number of hydrogen-bond donors (Lipinski definition) is 1. The van der Waals surface area contributed by atoms with E-state index in [1.807, 2.05) is 6.92 Å². The van der Waals surface area contributed by atoms with Gasteiger partial charge in [-0.25, -0.2) is 0 Å². The number of nitrogens with one attached hydrogen (secondary N) is 1. The van der Waals surface area contributed by atoms with Crippen molar-refractivity contribution < 1.29 is 4.79 Å². The van der Waals surface area contributed by atoms with Crippen LogP contribution < -0.4 is 5.32 Å². The summed E-state index contributed by atoms with van der Waals surface area (Å²) in [5.41, 5.74) is 2.26. The van der Waals surface area contributed by atoms with Crippen molar-refractivity contribution >= 4 is 5.91 Å². The van der Waals surface area contributed by atoms with E-state index in [1.54, 1.807) is 0 Å². The zero-order chi connectivity index (χ0) is 11.7. The fourth-order valence-corrected chi connectivity index (χ4v) is 2.45. The van der Waals surface area contributed by atoms with E-state index in [0.717, 1.165) is 31.6 Å². The van der Waals surface area contributed by atoms with Gasteiger partial charge < -0.3 is 10.2 Å². The van der Waals surface area contributed by atoms with Crippen LogP contribution in [0.15, 0.2) is 11.1 Å². The van der Waals surface area contributed by atoms with Crippen LogP contribution in [0, 0.1) is 5.92 Å². The molecule has 2 saturated heterocycles. The summed E-state index contributed by atoms with van der Waals surface area (Å²) < 4.78 is 0. The molecule has 3 nitrogen and oxygen atoms in total. The highest BCUT2D eigenvalue weighted by atomic mass is 16.2. The van der Waals surface area contributed by atoms with Gasteiger partial charge in [-0.05, 0) is 38.2 Å². The molecule has 0 aromatic heterocycles. The number of carbonyl (C=O) groups is 1. The smallest absolute Gasteiger partial charge is 0.249 e. The average molecular weight is 222 g/mol. The molecule has 16 heavy (non-hydrogen) atoms. The molecule has 3 heteroatoms. The standard InChI is InChI=1S/C13H22N2O/c1-9-4-5-10(2)15(8-9)13(16)11(3)12-6-14-7-12/h9-10,14H,4-8H2,1-3H3. The van der Waals surface area contributed by atoms with Crippen LogP contribution in [-0.4, -0.2) is 36.5 Å². The average Bonchev–Trinajstić information content (AvgIpc) is 2.18. The summed E-state index contributed by atoms with van der Waals surface area (Å²) in [6.45, 7) is 9.10. The Kier molecular flexibility index (Phi) is 3.33. The molecule has 0 radical (unpaired) electrons. The van der Waals surface area contributed by atoms with E-state index in [1.165, 1.54) is 12.0 Å². The summed E-state index contributed by atoms with van der Waals surface area (Å²) in [7, 11) is 0. The Morgan fingerprint density at radius 1 is 1.31 bits per heavy atom. The molecule has 90 valence electrons. The van der Waals surface area contributed by atoms with Crippen molar-refractivity contribution in [1.29, 1.82) is 0 Å². The maximum absolute atomic E-state index is 12.3. The van der Waals surface area contributed by atoms with E-state index in [0.29, 0.717) is 12.0 Å². The molecule has 2 unspecified atom stereocenters. The van der Waals surface area contributed by atoms with Crippen LogP contribution in [0.25, 0.3) is 0 Å². The number of likely N-dealkylation sites (tertiary alicyclic amines) is 1. The van der Waals surface area contributed by atoms with Crippen LogP contribution in [0.1, 0.15) is 33.6 Å². The second-order valence-corrected chi connectivity index (χ2v) is 5.32. The summed E-state index contributed by atoms with van der Waals surface area (Å²) in [6.07, 6.45) is 2.40. The zero-order valence-electron chi connectivity index (χ0n) is 10.5. The van der Waals surface area contributed by atoms with Crippen LogP contribution >= 0.6 is 0 Å². The summed E-state index contributed by atoms with van der Waals surface area (Å²) in [5.74, 6) is 0.910. The van der Waals surface area contributed by atoms with Crippen molar-refractivity contribution in [2.75, 3.05) is 19.6 Å². The van der Waals surface area contributed by atoms with Crippen LogP contribution in [0.4, 0.5) is 0 Å². The lowest BCUT2D eigenvalue weighted by molar-refractivity contribution is -0.131. The molecule has 2 atom stereocenters. The number of hydrogen-bond acceptors (Lipinski definition) is 2. The molecule has 1 amide bonds. The molecule has 2 fully saturated rings. The van der Waals surface area contributed by atoms with E-state index < -0.39 is 0 Å². The van der Waals surface area contributed by atoms with E-state index in [-0.39, 0.29) is 5.91 Å². The predicted octanol–water partition coefficient (Wildman–Crippen LogP) is 1.55. The number of nitrogens with zero attached hydrogens (tertiary/aromatic N) is 1. The van der Waals surface area contributed by atoms with Gasteiger partial charge in [-0.1, -0.05) is 6.92 Å². The maximum atomic E-state index is 12.3. The van der Waals surface area contributed by atoms with Crippen LogP contribution in [0.5, 0.6) is 0 Å². The summed E-state index contributed by atoms with van der Waals surface area (Å²) in [4.78, 5) is 14.4. The molecule has 2 aliphatic rings. The van der Waals surface area contributed by atoms with Crippen LogP contribution in [0.2, 0.25) is 0 Å². The van der Waals surface area contributed by atoms with Crippen molar-refractivity contribution in [2.24, 2.45) is 5.92 Å². The first-order valence-electron chi connectivity index (χ1n) is 6.30. The molecule has 0 saturated carbocycles. The first-order chi connectivity index (χ1) is 7.59. The number of carbonyl (C=O) groups excluding carboxylic acids is 1. The lowest BCUT2D eigenvalue weighted by Crippen LogP contribution is -2.46. The lowest BCUT2D eigenvalue weighted by atomic mass is 9.93. The monoisotopic (exact) mass is 222 g/mol. The molecule has 0 aromatic carbocycles. The van der Waals surface area contributed by atoms with Gasteiger partial charge in [0.25, 0.3) is 0 Å². The highest BCUT2D eigenvalue weighted by Gasteiger charge is 2.29. The molecule has 0 bridgehead atoms. The Morgan fingerprint density at radius 2 is 2.00 bits per heavy atom. The Labute approximate surface area is 97.9 Å². The number of piperidine rings is 1. The van der Waals surface area contributed by atoms with Gasteiger partial charge in [-0.3, -0.25) is 4.79 Å². The molecule has 0 aromatic rings. The molecule has 2 aliphatic heterocycles. The van der Waals surface area contributed by atoms with E-state index in [9.17, 15) is 4.79 Å². The Balaban J connectivity index is 2.08. The Hall–Kier alpha value is -0.830. The third-order valence-electron chi connectivity index (χ3n) is 3.91. The minimum absolute atomic E-state index is 0.260. The normalized spacial score (nSPS) is 29.9. The highest BCUT2D eigenvalue weighted by Crippen LogP contribution is 2.24. The molecular weight excluding hydrogens is 200 g/mol. The van der Waals surface area contributed by atoms with Crippen molar-refractivity contribution in [1.82, 2.24) is 10.2 Å². The minimum Gasteiger partial charge on any atom is -0.336 e. The van der Waals surface area contributed by atoms with Gasteiger partial charge in [0.05, 0.1) is 0 Å². The van der Waals surface area contributed by atoms with Gasteiger partial charge in [0.1, 0.15) is 0 Å². The van der Waals surface area contributed by atoms with Crippen molar-refractivity contribution in [3.05, 3.63) is 11.1 Å². The Bertz CT molecular complexity index is 316. The van der Waals surface area contributed by atoms with Gasteiger partial charge in [-0.2, -0.15) is 0 Å². The predicted molar refractivity (Wildman–Crippen MR) is 65.1 cm³/mol. The Morgan fingerprint density at radius 3 is 2.56 bits per heavy atom. The largest absolute Gasteiger partial charge is 0.336 e. The van der Waals surface area contributed by atoms with Gasteiger partial charge in [-0.15, -0.1) is 0 Å². The third kappa shape index (κ3) is 2.14. The summed E-state index contributed by atoms with van der Waals surface area (Å²) in [6, 6.07) is 0.410. The second-order valence-electron chi connectivity index (χ2n) is 5.32. The lowest BCUT2D eigenvalue weighted by Gasteiger charge is -2.38. The molecule has 0 spiro atoms. The third-order valence-corrected chi connectivity index (χ3v) is 3.91. The van der Waals surface area contributed by atoms with Crippen LogP contribution in [0.3, 0.4) is 0 Å². The SMILES string of the molecule is CC(C(=O)N1CC(C)CCC1C)=C1CNC1. The molecular formula is C13H22N2O. The van der Waals surface area contributed by atoms with E-state index in [4.69, 9.17) is 0 Å². The first-order valence-corrected chi connectivity index (χ1v) is 6.30. The molecule has 2 heterocycles. The molecule has 2 rings (SSSR count). The van der Waals surface area contributed by atoms with Crippen molar-refractivity contribution in [3.8, 4) is 0 Å². The molecule has 1 N–H and O–H groups in total. The van der Waals surface area contributed by atoms with Crippen LogP contribution in [-0.2, 0) is 4.79 Å². The minimum atomic E-state index is 0.260. The van der Waals surface area contributed by atoms with Gasteiger partial charge in [0, 0.05) is 31.2 Å².